The summed E-state index contributed by atoms with van der Waals surface area (Å²) in [5.41, 5.74) is 1.01. The fourth-order valence-corrected chi connectivity index (χ4v) is 2.59. The molecule has 0 aliphatic carbocycles. The van der Waals surface area contributed by atoms with Gasteiger partial charge in [-0.3, -0.25) is 0 Å². The lowest BCUT2D eigenvalue weighted by atomic mass is 10.2. The van der Waals surface area contributed by atoms with E-state index in [1.165, 1.54) is 0 Å². The lowest BCUT2D eigenvalue weighted by Gasteiger charge is -2.15. The first kappa shape index (κ1) is 17.0. The van der Waals surface area contributed by atoms with Gasteiger partial charge in [0.1, 0.15) is 5.75 Å². The number of rotatable bonds is 8. The van der Waals surface area contributed by atoms with Crippen LogP contribution in [0.1, 0.15) is 25.8 Å². The largest absolute Gasteiger partial charge is 0.492 e. The van der Waals surface area contributed by atoms with Crippen molar-refractivity contribution in [3.05, 3.63) is 27.7 Å². The minimum atomic E-state index is 0.405. The molecule has 1 rings (SSSR count). The van der Waals surface area contributed by atoms with Crippen LogP contribution in [0.5, 0.6) is 5.75 Å². The number of ether oxygens (including phenoxy) is 1. The standard InChI is InChI=1S/C14H21Cl2NOS/c1-10(2)17-9-11-7-12(15)8-13(16)14(11)18-5-4-6-19-3/h7-8,10,17H,4-6,9H2,1-3H3. The van der Waals surface area contributed by atoms with Crippen LogP contribution in [0.25, 0.3) is 0 Å². The van der Waals surface area contributed by atoms with E-state index in [4.69, 9.17) is 27.9 Å². The summed E-state index contributed by atoms with van der Waals surface area (Å²) in [6.07, 6.45) is 3.10. The van der Waals surface area contributed by atoms with E-state index in [2.05, 4.69) is 25.4 Å². The number of hydrogen-bond donors (Lipinski definition) is 1. The second-order valence-electron chi connectivity index (χ2n) is 4.61. The van der Waals surface area contributed by atoms with Gasteiger partial charge in [0.2, 0.25) is 0 Å². The SMILES string of the molecule is CSCCCOc1c(Cl)cc(Cl)cc1CNC(C)C. The van der Waals surface area contributed by atoms with Crippen molar-refractivity contribution in [2.75, 3.05) is 18.6 Å². The Hall–Kier alpha value is -0.0900. The van der Waals surface area contributed by atoms with Gasteiger partial charge in [-0.25, -0.2) is 0 Å². The van der Waals surface area contributed by atoms with Gasteiger partial charge in [-0.05, 0) is 30.6 Å². The summed E-state index contributed by atoms with van der Waals surface area (Å²) in [5, 5.41) is 4.58. The number of nitrogens with one attached hydrogen (secondary N) is 1. The van der Waals surface area contributed by atoms with E-state index < -0.39 is 0 Å². The van der Waals surface area contributed by atoms with Crippen LogP contribution in [0.15, 0.2) is 12.1 Å². The Morgan fingerprint density at radius 2 is 2.05 bits per heavy atom. The molecule has 0 heterocycles. The van der Waals surface area contributed by atoms with E-state index in [1.54, 1.807) is 6.07 Å². The topological polar surface area (TPSA) is 21.3 Å². The van der Waals surface area contributed by atoms with Crippen LogP contribution in [-0.2, 0) is 6.54 Å². The van der Waals surface area contributed by atoms with Crippen LogP contribution in [-0.4, -0.2) is 24.7 Å². The van der Waals surface area contributed by atoms with Crippen molar-refractivity contribution in [1.29, 1.82) is 0 Å². The van der Waals surface area contributed by atoms with E-state index in [1.807, 2.05) is 17.8 Å². The van der Waals surface area contributed by atoms with E-state index in [9.17, 15) is 0 Å². The average molecular weight is 322 g/mol. The van der Waals surface area contributed by atoms with Crippen molar-refractivity contribution in [3.8, 4) is 5.75 Å². The molecule has 0 spiro atoms. The van der Waals surface area contributed by atoms with Crippen LogP contribution in [0.4, 0.5) is 0 Å². The second kappa shape index (κ2) is 8.96. The average Bonchev–Trinajstić information content (AvgIpc) is 2.34. The zero-order chi connectivity index (χ0) is 14.3. The molecule has 0 aromatic heterocycles. The molecule has 5 heteroatoms. The first-order valence-electron chi connectivity index (χ1n) is 6.37. The predicted molar refractivity (Wildman–Crippen MR) is 86.9 cm³/mol. The van der Waals surface area contributed by atoms with E-state index in [-0.39, 0.29) is 0 Å². The van der Waals surface area contributed by atoms with Crippen molar-refractivity contribution in [3.63, 3.8) is 0 Å². The molecular weight excluding hydrogens is 301 g/mol. The highest BCUT2D eigenvalue weighted by atomic mass is 35.5. The highest BCUT2D eigenvalue weighted by Gasteiger charge is 2.11. The zero-order valence-corrected chi connectivity index (χ0v) is 14.0. The lowest BCUT2D eigenvalue weighted by molar-refractivity contribution is 0.314. The molecule has 0 amide bonds. The van der Waals surface area contributed by atoms with E-state index >= 15 is 0 Å². The van der Waals surface area contributed by atoms with Gasteiger partial charge in [-0.2, -0.15) is 11.8 Å². The molecule has 1 N–H and O–H groups in total. The molecule has 0 bridgehead atoms. The lowest BCUT2D eigenvalue weighted by Crippen LogP contribution is -2.22. The Bertz CT molecular complexity index is 399. The number of benzene rings is 1. The zero-order valence-electron chi connectivity index (χ0n) is 11.6. The number of thioether (sulfide) groups is 1. The molecule has 19 heavy (non-hydrogen) atoms. The maximum Gasteiger partial charge on any atom is 0.142 e. The van der Waals surface area contributed by atoms with Gasteiger partial charge in [0.05, 0.1) is 11.6 Å². The van der Waals surface area contributed by atoms with Crippen LogP contribution in [0.3, 0.4) is 0 Å². The first-order chi connectivity index (χ1) is 9.04. The Balaban J connectivity index is 2.74. The summed E-state index contributed by atoms with van der Waals surface area (Å²) in [4.78, 5) is 0. The Morgan fingerprint density at radius 3 is 2.68 bits per heavy atom. The van der Waals surface area contributed by atoms with Crippen molar-refractivity contribution < 1.29 is 4.74 Å². The van der Waals surface area contributed by atoms with Crippen molar-refractivity contribution >= 4 is 35.0 Å². The Morgan fingerprint density at radius 1 is 1.32 bits per heavy atom. The molecule has 0 radical (unpaired) electrons. The van der Waals surface area contributed by atoms with Gasteiger partial charge in [0.25, 0.3) is 0 Å². The second-order valence-corrected chi connectivity index (χ2v) is 6.44. The molecule has 1 aromatic rings. The summed E-state index contributed by atoms with van der Waals surface area (Å²) in [6, 6.07) is 4.04. The summed E-state index contributed by atoms with van der Waals surface area (Å²) >= 11 is 14.1. The van der Waals surface area contributed by atoms with Gasteiger partial charge in [-0.15, -0.1) is 0 Å². The van der Waals surface area contributed by atoms with Gasteiger partial charge < -0.3 is 10.1 Å². The molecule has 0 fully saturated rings. The fraction of sp³-hybridized carbons (Fsp3) is 0.571. The molecule has 0 aliphatic heterocycles. The molecule has 0 unspecified atom stereocenters. The van der Waals surface area contributed by atoms with Gasteiger partial charge in [0.15, 0.2) is 0 Å². The highest BCUT2D eigenvalue weighted by molar-refractivity contribution is 7.98. The van der Waals surface area contributed by atoms with Crippen molar-refractivity contribution in [1.82, 2.24) is 5.32 Å². The first-order valence-corrected chi connectivity index (χ1v) is 8.52. The number of hydrogen-bond acceptors (Lipinski definition) is 3. The van der Waals surface area contributed by atoms with E-state index in [0.717, 1.165) is 23.5 Å². The minimum absolute atomic E-state index is 0.405. The molecule has 1 aromatic carbocycles. The smallest absolute Gasteiger partial charge is 0.142 e. The maximum absolute atomic E-state index is 6.22. The van der Waals surface area contributed by atoms with Gasteiger partial charge in [0, 0.05) is 23.2 Å². The van der Waals surface area contributed by atoms with Crippen LogP contribution in [0, 0.1) is 0 Å². The molecule has 2 nitrogen and oxygen atoms in total. The van der Waals surface area contributed by atoms with E-state index in [0.29, 0.717) is 29.2 Å². The highest BCUT2D eigenvalue weighted by Crippen LogP contribution is 2.32. The Kier molecular flexibility index (Phi) is 8.00. The summed E-state index contributed by atoms with van der Waals surface area (Å²) in [5.74, 6) is 1.84. The third-order valence-corrected chi connectivity index (χ3v) is 3.72. The fourth-order valence-electron chi connectivity index (χ4n) is 1.60. The van der Waals surface area contributed by atoms with Crippen molar-refractivity contribution in [2.45, 2.75) is 32.9 Å². The molecule has 108 valence electrons. The molecule has 0 saturated carbocycles. The maximum atomic E-state index is 6.22. The van der Waals surface area contributed by atoms with Crippen LogP contribution < -0.4 is 10.1 Å². The third-order valence-electron chi connectivity index (χ3n) is 2.53. The predicted octanol–water partition coefficient (Wildman–Crippen LogP) is 4.62. The van der Waals surface area contributed by atoms with Crippen LogP contribution in [0.2, 0.25) is 10.0 Å². The minimum Gasteiger partial charge on any atom is -0.492 e. The normalized spacial score (nSPS) is 11.1. The monoisotopic (exact) mass is 321 g/mol. The molecule has 0 aliphatic rings. The third kappa shape index (κ3) is 6.26. The van der Waals surface area contributed by atoms with Gasteiger partial charge >= 0.3 is 0 Å². The van der Waals surface area contributed by atoms with Crippen molar-refractivity contribution in [2.24, 2.45) is 0 Å². The summed E-state index contributed by atoms with van der Waals surface area (Å²) in [7, 11) is 0. The van der Waals surface area contributed by atoms with Gasteiger partial charge in [-0.1, -0.05) is 37.0 Å². The molecular formula is C14H21Cl2NOS. The van der Waals surface area contributed by atoms with Crippen LogP contribution >= 0.6 is 35.0 Å². The Labute approximate surface area is 130 Å². The molecule has 0 atom stereocenters. The number of halogens is 2. The molecule has 0 saturated heterocycles. The summed E-state index contributed by atoms with van der Waals surface area (Å²) < 4.78 is 5.81. The quantitative estimate of drug-likeness (QED) is 0.706. The summed E-state index contributed by atoms with van der Waals surface area (Å²) in [6.45, 7) is 5.59.